The summed E-state index contributed by atoms with van der Waals surface area (Å²) >= 11 is 11.8. The lowest BCUT2D eigenvalue weighted by molar-refractivity contribution is -0.115. The molecule has 0 radical (unpaired) electrons. The Labute approximate surface area is 162 Å². The molecule has 140 valence electrons. The lowest BCUT2D eigenvalue weighted by atomic mass is 10.3. The molecule has 0 unspecified atom stereocenters. The maximum atomic E-state index is 12.7. The fraction of sp³-hybridized carbons (Fsp3) is 0.235. The summed E-state index contributed by atoms with van der Waals surface area (Å²) in [4.78, 5) is 11.7. The van der Waals surface area contributed by atoms with E-state index in [1.807, 2.05) is 0 Å². The quantitative estimate of drug-likeness (QED) is 0.693. The maximum absolute atomic E-state index is 12.7. The molecule has 0 aliphatic rings. The number of hydrogen-bond donors (Lipinski definition) is 2. The number of amides is 1. The van der Waals surface area contributed by atoms with Crippen molar-refractivity contribution in [1.82, 2.24) is 0 Å². The largest absolute Gasteiger partial charge is 0.492 e. The van der Waals surface area contributed by atoms with E-state index in [2.05, 4.69) is 10.0 Å². The standard InChI is InChI=1S/C17H18Cl2N2O4S/c1-3-17(22)20-15-10-12(6-8-16(15)25-4-2)26(23,24)21-14-7-5-11(18)9-13(14)19/h5-10,21H,3-4H2,1-2H3,(H,20,22). The monoisotopic (exact) mass is 416 g/mol. The van der Waals surface area contributed by atoms with Gasteiger partial charge in [-0.3, -0.25) is 9.52 Å². The summed E-state index contributed by atoms with van der Waals surface area (Å²) < 4.78 is 33.2. The highest BCUT2D eigenvalue weighted by molar-refractivity contribution is 7.92. The van der Waals surface area contributed by atoms with Crippen LogP contribution in [0.1, 0.15) is 20.3 Å². The lowest BCUT2D eigenvalue weighted by Crippen LogP contribution is -2.15. The van der Waals surface area contributed by atoms with E-state index < -0.39 is 10.0 Å². The molecule has 2 N–H and O–H groups in total. The predicted octanol–water partition coefficient (Wildman–Crippen LogP) is 4.54. The van der Waals surface area contributed by atoms with Crippen LogP contribution < -0.4 is 14.8 Å². The molecule has 0 fully saturated rings. The first kappa shape index (κ1) is 20.4. The van der Waals surface area contributed by atoms with E-state index in [1.54, 1.807) is 13.8 Å². The fourth-order valence-corrected chi connectivity index (χ4v) is 3.69. The normalized spacial score (nSPS) is 11.1. The van der Waals surface area contributed by atoms with Crippen LogP contribution in [0.15, 0.2) is 41.3 Å². The lowest BCUT2D eigenvalue weighted by Gasteiger charge is -2.14. The first-order chi connectivity index (χ1) is 12.3. The minimum atomic E-state index is -3.93. The van der Waals surface area contributed by atoms with Crippen LogP contribution in [0.25, 0.3) is 0 Å². The van der Waals surface area contributed by atoms with Crippen LogP contribution in [0.2, 0.25) is 10.0 Å². The number of sulfonamides is 1. The Morgan fingerprint density at radius 2 is 1.81 bits per heavy atom. The van der Waals surface area contributed by atoms with E-state index in [-0.39, 0.29) is 33.6 Å². The van der Waals surface area contributed by atoms with Gasteiger partial charge in [-0.05, 0) is 43.3 Å². The van der Waals surface area contributed by atoms with Gasteiger partial charge in [0.2, 0.25) is 5.91 Å². The zero-order valence-electron chi connectivity index (χ0n) is 14.2. The van der Waals surface area contributed by atoms with Crippen molar-refractivity contribution < 1.29 is 17.9 Å². The van der Waals surface area contributed by atoms with Crippen molar-refractivity contribution in [1.29, 1.82) is 0 Å². The zero-order valence-corrected chi connectivity index (χ0v) is 16.5. The summed E-state index contributed by atoms with van der Waals surface area (Å²) in [6.07, 6.45) is 0.251. The molecule has 0 saturated heterocycles. The van der Waals surface area contributed by atoms with Crippen molar-refractivity contribution in [3.05, 3.63) is 46.4 Å². The highest BCUT2D eigenvalue weighted by atomic mass is 35.5. The van der Waals surface area contributed by atoms with Gasteiger partial charge in [0, 0.05) is 11.4 Å². The smallest absolute Gasteiger partial charge is 0.262 e. The number of carbonyl (C=O) groups excluding carboxylic acids is 1. The molecule has 0 bridgehead atoms. The summed E-state index contributed by atoms with van der Waals surface area (Å²) in [7, 11) is -3.93. The Morgan fingerprint density at radius 1 is 1.08 bits per heavy atom. The molecule has 2 aromatic carbocycles. The summed E-state index contributed by atoms with van der Waals surface area (Å²) in [5, 5.41) is 3.21. The van der Waals surface area contributed by atoms with Crippen molar-refractivity contribution in [2.45, 2.75) is 25.2 Å². The van der Waals surface area contributed by atoms with E-state index in [9.17, 15) is 13.2 Å². The van der Waals surface area contributed by atoms with Crippen LogP contribution in [0, 0.1) is 0 Å². The van der Waals surface area contributed by atoms with Gasteiger partial charge in [0.15, 0.2) is 0 Å². The van der Waals surface area contributed by atoms with Crippen molar-refractivity contribution >= 4 is 50.5 Å². The number of benzene rings is 2. The highest BCUT2D eigenvalue weighted by Crippen LogP contribution is 2.31. The number of nitrogens with one attached hydrogen (secondary N) is 2. The third kappa shape index (κ3) is 5.03. The van der Waals surface area contributed by atoms with E-state index >= 15 is 0 Å². The van der Waals surface area contributed by atoms with Gasteiger partial charge in [-0.2, -0.15) is 0 Å². The molecule has 0 aromatic heterocycles. The number of anilines is 2. The van der Waals surface area contributed by atoms with Gasteiger partial charge in [0.25, 0.3) is 10.0 Å². The summed E-state index contributed by atoms with van der Waals surface area (Å²) in [6, 6.07) is 8.65. The van der Waals surface area contributed by atoms with Gasteiger partial charge in [0.05, 0.1) is 27.9 Å². The molecule has 0 aliphatic heterocycles. The molecular weight excluding hydrogens is 399 g/mol. The Bertz CT molecular complexity index is 917. The van der Waals surface area contributed by atoms with Gasteiger partial charge in [-0.15, -0.1) is 0 Å². The second-order valence-electron chi connectivity index (χ2n) is 5.22. The molecule has 26 heavy (non-hydrogen) atoms. The van der Waals surface area contributed by atoms with E-state index in [0.29, 0.717) is 17.4 Å². The van der Waals surface area contributed by atoms with Crippen LogP contribution in [0.3, 0.4) is 0 Å². The first-order valence-electron chi connectivity index (χ1n) is 7.81. The zero-order chi connectivity index (χ0) is 19.3. The molecule has 0 spiro atoms. The van der Waals surface area contributed by atoms with Gasteiger partial charge in [-0.1, -0.05) is 30.1 Å². The first-order valence-corrected chi connectivity index (χ1v) is 10.0. The van der Waals surface area contributed by atoms with Crippen molar-refractivity contribution in [2.24, 2.45) is 0 Å². The highest BCUT2D eigenvalue weighted by Gasteiger charge is 2.19. The second-order valence-corrected chi connectivity index (χ2v) is 7.75. The van der Waals surface area contributed by atoms with E-state index in [1.165, 1.54) is 36.4 Å². The molecule has 0 atom stereocenters. The average molecular weight is 417 g/mol. The average Bonchev–Trinajstić information content (AvgIpc) is 2.59. The van der Waals surface area contributed by atoms with E-state index in [0.717, 1.165) is 0 Å². The van der Waals surface area contributed by atoms with Crippen molar-refractivity contribution in [2.75, 3.05) is 16.6 Å². The number of halogens is 2. The molecule has 2 aromatic rings. The molecule has 9 heteroatoms. The van der Waals surface area contributed by atoms with Crippen molar-refractivity contribution in [3.8, 4) is 5.75 Å². The van der Waals surface area contributed by atoms with Crippen LogP contribution in [-0.2, 0) is 14.8 Å². The molecule has 0 heterocycles. The van der Waals surface area contributed by atoms with Crippen molar-refractivity contribution in [3.63, 3.8) is 0 Å². The van der Waals surface area contributed by atoms with Crippen LogP contribution >= 0.6 is 23.2 Å². The molecule has 6 nitrogen and oxygen atoms in total. The summed E-state index contributed by atoms with van der Waals surface area (Å²) in [5.74, 6) is 0.131. The fourth-order valence-electron chi connectivity index (χ4n) is 2.07. The molecule has 2 rings (SSSR count). The maximum Gasteiger partial charge on any atom is 0.262 e. The number of ether oxygens (including phenoxy) is 1. The van der Waals surface area contributed by atoms with E-state index in [4.69, 9.17) is 27.9 Å². The van der Waals surface area contributed by atoms with Crippen LogP contribution in [0.4, 0.5) is 11.4 Å². The third-order valence-electron chi connectivity index (χ3n) is 3.33. The number of carbonyl (C=O) groups is 1. The van der Waals surface area contributed by atoms with Crippen LogP contribution in [0.5, 0.6) is 5.75 Å². The molecule has 0 aliphatic carbocycles. The third-order valence-corrected chi connectivity index (χ3v) is 5.24. The summed E-state index contributed by atoms with van der Waals surface area (Å²) in [5.41, 5.74) is 0.480. The number of hydrogen-bond acceptors (Lipinski definition) is 4. The molecule has 0 saturated carbocycles. The minimum absolute atomic E-state index is 0.0432. The number of rotatable bonds is 7. The Kier molecular flexibility index (Phi) is 6.75. The van der Waals surface area contributed by atoms with Gasteiger partial charge >= 0.3 is 0 Å². The van der Waals surface area contributed by atoms with Gasteiger partial charge in [0.1, 0.15) is 5.75 Å². The minimum Gasteiger partial charge on any atom is -0.492 e. The van der Waals surface area contributed by atoms with Gasteiger partial charge < -0.3 is 10.1 Å². The molecular formula is C17H18Cl2N2O4S. The van der Waals surface area contributed by atoms with Crippen LogP contribution in [-0.4, -0.2) is 20.9 Å². The summed E-state index contributed by atoms with van der Waals surface area (Å²) in [6.45, 7) is 3.86. The second kappa shape index (κ2) is 8.62. The predicted molar refractivity (Wildman–Crippen MR) is 104 cm³/mol. The topological polar surface area (TPSA) is 84.5 Å². The Balaban J connectivity index is 2.38. The Hall–Kier alpha value is -1.96. The SMILES string of the molecule is CCOc1ccc(S(=O)(=O)Nc2ccc(Cl)cc2Cl)cc1NC(=O)CC. The van der Waals surface area contributed by atoms with Gasteiger partial charge in [-0.25, -0.2) is 8.42 Å². The molecule has 1 amide bonds. The Morgan fingerprint density at radius 3 is 2.42 bits per heavy atom.